The van der Waals surface area contributed by atoms with Gasteiger partial charge in [-0.05, 0) is 36.4 Å². The van der Waals surface area contributed by atoms with E-state index in [1.54, 1.807) is 35.2 Å². The Balaban J connectivity index is 1.73. The second-order valence-electron chi connectivity index (χ2n) is 6.34. The number of nitrogens with zero attached hydrogens (tertiary/aromatic N) is 4. The number of nitrogens with two attached hydrogens (primary N) is 1. The number of anilines is 2. The molecule has 9 heteroatoms. The van der Waals surface area contributed by atoms with Crippen molar-refractivity contribution in [3.8, 4) is 0 Å². The molecule has 146 valence electrons. The molecule has 4 rings (SSSR count). The molecule has 1 saturated heterocycles. The summed E-state index contributed by atoms with van der Waals surface area (Å²) in [6, 6.07) is 13.7. The smallest absolute Gasteiger partial charge is 0.222 e. The van der Waals surface area contributed by atoms with Gasteiger partial charge in [-0.25, -0.2) is 9.38 Å². The van der Waals surface area contributed by atoms with Gasteiger partial charge in [0.05, 0.1) is 18.9 Å². The summed E-state index contributed by atoms with van der Waals surface area (Å²) in [5.74, 6) is 0.287. The van der Waals surface area contributed by atoms with Crippen LogP contribution in [-0.2, 0) is 4.74 Å². The highest BCUT2D eigenvalue weighted by Gasteiger charge is 2.33. The van der Waals surface area contributed by atoms with Crippen molar-refractivity contribution in [1.29, 1.82) is 0 Å². The number of guanidine groups is 2. The number of rotatable bonds is 3. The van der Waals surface area contributed by atoms with Crippen molar-refractivity contribution in [3.05, 3.63) is 59.4 Å². The first-order chi connectivity index (χ1) is 13.6. The van der Waals surface area contributed by atoms with Crippen LogP contribution in [0.25, 0.3) is 0 Å². The van der Waals surface area contributed by atoms with Gasteiger partial charge in [0.2, 0.25) is 18.2 Å². The van der Waals surface area contributed by atoms with Crippen LogP contribution in [0.2, 0.25) is 5.02 Å². The van der Waals surface area contributed by atoms with E-state index in [4.69, 9.17) is 22.1 Å². The van der Waals surface area contributed by atoms with Gasteiger partial charge in [-0.3, -0.25) is 4.90 Å². The minimum atomic E-state index is -0.673. The molecule has 28 heavy (non-hydrogen) atoms. The van der Waals surface area contributed by atoms with Crippen LogP contribution in [0.3, 0.4) is 0 Å². The Kier molecular flexibility index (Phi) is 5.31. The van der Waals surface area contributed by atoms with Crippen LogP contribution in [-0.4, -0.2) is 49.4 Å². The van der Waals surface area contributed by atoms with Crippen LogP contribution < -0.4 is 16.0 Å². The summed E-state index contributed by atoms with van der Waals surface area (Å²) >= 11 is 5.97. The summed E-state index contributed by atoms with van der Waals surface area (Å²) in [6.07, 6.45) is -0.673. The van der Waals surface area contributed by atoms with E-state index < -0.39 is 6.29 Å². The summed E-state index contributed by atoms with van der Waals surface area (Å²) in [4.78, 5) is 12.6. The molecular weight excluding hydrogens is 383 g/mol. The van der Waals surface area contributed by atoms with Crippen molar-refractivity contribution in [1.82, 2.24) is 4.90 Å². The highest BCUT2D eigenvalue weighted by molar-refractivity contribution is 6.30. The molecule has 0 radical (unpaired) electrons. The molecule has 0 aliphatic carbocycles. The summed E-state index contributed by atoms with van der Waals surface area (Å²) in [7, 11) is 0. The maximum Gasteiger partial charge on any atom is 0.222 e. The van der Waals surface area contributed by atoms with E-state index in [1.807, 2.05) is 17.0 Å². The number of nitrogens with one attached hydrogen (secondary N) is 1. The van der Waals surface area contributed by atoms with E-state index in [9.17, 15) is 4.39 Å². The van der Waals surface area contributed by atoms with Gasteiger partial charge in [-0.15, -0.1) is 0 Å². The lowest BCUT2D eigenvalue weighted by Gasteiger charge is -2.41. The van der Waals surface area contributed by atoms with Crippen molar-refractivity contribution in [3.63, 3.8) is 0 Å². The van der Waals surface area contributed by atoms with Crippen LogP contribution in [0.5, 0.6) is 0 Å². The average Bonchev–Trinajstić information content (AvgIpc) is 2.71. The first kappa shape index (κ1) is 18.5. The third kappa shape index (κ3) is 3.88. The predicted octanol–water partition coefficient (Wildman–Crippen LogP) is 2.70. The first-order valence-corrected chi connectivity index (χ1v) is 9.30. The molecule has 7 nitrogen and oxygen atoms in total. The molecule has 0 aromatic heterocycles. The molecule has 2 aromatic carbocycles. The maximum atomic E-state index is 14.7. The molecular formula is C19H20ClFN6O. The molecule has 1 atom stereocenters. The van der Waals surface area contributed by atoms with Gasteiger partial charge in [0.1, 0.15) is 5.82 Å². The standard InChI is InChI=1S/C19H20ClFN6O/c20-13-5-7-14(8-6-13)23-18-24-17(22)25-19(26-9-11-28-12-10-26)27(18)16-4-2-1-3-15(16)21/h1-8,18,23H,9-12H2,(H2,22,24). The van der Waals surface area contributed by atoms with E-state index in [2.05, 4.69) is 15.3 Å². The molecule has 0 bridgehead atoms. The molecule has 2 aromatic rings. The number of benzene rings is 2. The molecule has 1 fully saturated rings. The van der Waals surface area contributed by atoms with Gasteiger partial charge < -0.3 is 20.7 Å². The highest BCUT2D eigenvalue weighted by Crippen LogP contribution is 2.27. The van der Waals surface area contributed by atoms with Gasteiger partial charge in [-0.1, -0.05) is 23.7 Å². The lowest BCUT2D eigenvalue weighted by atomic mass is 10.2. The summed E-state index contributed by atoms with van der Waals surface area (Å²) < 4.78 is 20.1. The van der Waals surface area contributed by atoms with Crippen LogP contribution >= 0.6 is 11.6 Å². The van der Waals surface area contributed by atoms with Crippen molar-refractivity contribution in [2.45, 2.75) is 6.29 Å². The van der Waals surface area contributed by atoms with E-state index in [-0.39, 0.29) is 11.8 Å². The number of aliphatic imine (C=N–C) groups is 2. The van der Waals surface area contributed by atoms with E-state index in [0.29, 0.717) is 43.0 Å². The Hall–Kier alpha value is -2.84. The minimum absolute atomic E-state index is 0.126. The second kappa shape index (κ2) is 8.04. The Morgan fingerprint density at radius 2 is 1.82 bits per heavy atom. The summed E-state index contributed by atoms with van der Waals surface area (Å²) in [5, 5.41) is 3.90. The van der Waals surface area contributed by atoms with Crippen LogP contribution in [0.4, 0.5) is 15.8 Å². The van der Waals surface area contributed by atoms with E-state index >= 15 is 0 Å². The molecule has 0 saturated carbocycles. The van der Waals surface area contributed by atoms with Crippen LogP contribution in [0.15, 0.2) is 58.5 Å². The minimum Gasteiger partial charge on any atom is -0.378 e. The predicted molar refractivity (Wildman–Crippen MR) is 109 cm³/mol. The molecule has 3 N–H and O–H groups in total. The number of halogens is 2. The number of hydrogen-bond acceptors (Lipinski definition) is 7. The molecule has 2 aliphatic rings. The first-order valence-electron chi connectivity index (χ1n) is 8.92. The number of ether oxygens (including phenoxy) is 1. The zero-order valence-electron chi connectivity index (χ0n) is 15.1. The second-order valence-corrected chi connectivity index (χ2v) is 6.78. The number of hydrogen-bond donors (Lipinski definition) is 2. The number of morpholine rings is 1. The van der Waals surface area contributed by atoms with Gasteiger partial charge in [-0.2, -0.15) is 4.99 Å². The normalized spacial score (nSPS) is 19.9. The Morgan fingerprint density at radius 3 is 2.54 bits per heavy atom. The number of para-hydroxylation sites is 1. The van der Waals surface area contributed by atoms with Crippen LogP contribution in [0, 0.1) is 5.82 Å². The van der Waals surface area contributed by atoms with Crippen molar-refractivity contribution in [2.24, 2.45) is 15.7 Å². The fourth-order valence-corrected chi connectivity index (χ4v) is 3.27. The molecule has 2 heterocycles. The third-order valence-electron chi connectivity index (χ3n) is 4.48. The summed E-state index contributed by atoms with van der Waals surface area (Å²) in [6.45, 7) is 2.39. The molecule has 2 aliphatic heterocycles. The Morgan fingerprint density at radius 1 is 1.11 bits per heavy atom. The highest BCUT2D eigenvalue weighted by atomic mass is 35.5. The van der Waals surface area contributed by atoms with Crippen molar-refractivity contribution >= 4 is 34.9 Å². The quantitative estimate of drug-likeness (QED) is 0.825. The Labute approximate surface area is 167 Å². The zero-order valence-corrected chi connectivity index (χ0v) is 15.8. The SMILES string of the molecule is NC1=NC(Nc2ccc(Cl)cc2)N(c2ccccc2F)C(N2CCOCC2)=N1. The maximum absolute atomic E-state index is 14.7. The van der Waals surface area contributed by atoms with Gasteiger partial charge >= 0.3 is 0 Å². The molecule has 0 spiro atoms. The van der Waals surface area contributed by atoms with E-state index in [0.717, 1.165) is 5.69 Å². The molecule has 1 unspecified atom stereocenters. The monoisotopic (exact) mass is 402 g/mol. The largest absolute Gasteiger partial charge is 0.378 e. The van der Waals surface area contributed by atoms with Crippen molar-refractivity contribution in [2.75, 3.05) is 36.5 Å². The lowest BCUT2D eigenvalue weighted by Crippen LogP contribution is -2.57. The lowest BCUT2D eigenvalue weighted by molar-refractivity contribution is 0.0671. The van der Waals surface area contributed by atoms with Gasteiger partial charge in [0.15, 0.2) is 0 Å². The Bertz CT molecular complexity index is 898. The van der Waals surface area contributed by atoms with Crippen LogP contribution in [0.1, 0.15) is 0 Å². The topological polar surface area (TPSA) is 78.5 Å². The third-order valence-corrected chi connectivity index (χ3v) is 4.73. The van der Waals surface area contributed by atoms with Gasteiger partial charge in [0, 0.05) is 23.8 Å². The van der Waals surface area contributed by atoms with E-state index in [1.165, 1.54) is 6.07 Å². The molecule has 0 amide bonds. The average molecular weight is 403 g/mol. The zero-order chi connectivity index (χ0) is 19.5. The fourth-order valence-electron chi connectivity index (χ4n) is 3.14. The van der Waals surface area contributed by atoms with Gasteiger partial charge in [0.25, 0.3) is 0 Å². The fraction of sp³-hybridized carbons (Fsp3) is 0.263. The van der Waals surface area contributed by atoms with Crippen molar-refractivity contribution < 1.29 is 9.13 Å². The summed E-state index contributed by atoms with van der Waals surface area (Å²) in [5.41, 5.74) is 7.13.